The number of phenols is 1. The number of thiophene rings is 2. The molecule has 296 valence electrons. The number of aliphatic hydroxyl groups excluding tert-OH is 2. The number of rotatable bonds is 14. The Balaban J connectivity index is 0.837. The van der Waals surface area contributed by atoms with E-state index in [1.54, 1.807) is 24.3 Å². The molecule has 0 radical (unpaired) electrons. The summed E-state index contributed by atoms with van der Waals surface area (Å²) in [4.78, 5) is 18.2. The van der Waals surface area contributed by atoms with E-state index in [0.29, 0.717) is 45.7 Å². The molecule has 14 heteroatoms. The Morgan fingerprint density at radius 1 is 1.14 bits per heavy atom. The van der Waals surface area contributed by atoms with Crippen molar-refractivity contribution >= 4 is 51.4 Å². The number of carbonyl (C=O) groups excluding carboxylic acids is 1. The van der Waals surface area contributed by atoms with Crippen LogP contribution in [0.25, 0.3) is 17.1 Å². The highest BCUT2D eigenvalue weighted by molar-refractivity contribution is 7.13. The number of fused-ring (bicyclic) bond motifs is 4. The summed E-state index contributed by atoms with van der Waals surface area (Å²) in [6.07, 6.45) is 8.79. The van der Waals surface area contributed by atoms with Crippen LogP contribution in [0.15, 0.2) is 53.9 Å². The fourth-order valence-corrected chi connectivity index (χ4v) is 10.5. The molecule has 1 aliphatic heterocycles. The van der Waals surface area contributed by atoms with Crippen LogP contribution in [0.1, 0.15) is 87.1 Å². The Kier molecular flexibility index (Phi) is 11.3. The van der Waals surface area contributed by atoms with E-state index >= 15 is 0 Å². The molecule has 0 bridgehead atoms. The van der Waals surface area contributed by atoms with Crippen molar-refractivity contribution < 1.29 is 30.0 Å². The Hall–Kier alpha value is -4.15. The van der Waals surface area contributed by atoms with Crippen LogP contribution in [0.2, 0.25) is 0 Å². The van der Waals surface area contributed by atoms with Gasteiger partial charge in [0.15, 0.2) is 0 Å². The Morgan fingerprint density at radius 3 is 2.73 bits per heavy atom. The number of hydrogen-bond acceptors (Lipinski definition) is 13. The quantitative estimate of drug-likeness (QED) is 0.0599. The third-order valence-electron chi connectivity index (χ3n) is 11.7. The highest BCUT2D eigenvalue weighted by atomic mass is 32.1. The molecule has 6 N–H and O–H groups in total. The van der Waals surface area contributed by atoms with Crippen LogP contribution in [0.4, 0.5) is 5.69 Å². The Bertz CT molecular complexity index is 2210. The van der Waals surface area contributed by atoms with Gasteiger partial charge in [-0.3, -0.25) is 0 Å². The van der Waals surface area contributed by atoms with Gasteiger partial charge in [0.25, 0.3) is 0 Å². The molecule has 3 aliphatic rings. The van der Waals surface area contributed by atoms with Gasteiger partial charge in [-0.25, -0.2) is 9.48 Å². The van der Waals surface area contributed by atoms with Crippen molar-refractivity contribution in [1.82, 2.24) is 25.2 Å². The number of aliphatic hydroxyl groups is 3. The van der Waals surface area contributed by atoms with E-state index in [2.05, 4.69) is 43.6 Å². The molecule has 1 unspecified atom stereocenters. The Morgan fingerprint density at radius 2 is 1.96 bits per heavy atom. The number of benzene rings is 2. The summed E-state index contributed by atoms with van der Waals surface area (Å²) in [5.41, 5.74) is 5.86. The lowest BCUT2D eigenvalue weighted by Gasteiger charge is -2.35. The highest BCUT2D eigenvalue weighted by Gasteiger charge is 2.45. The van der Waals surface area contributed by atoms with Crippen LogP contribution >= 0.6 is 22.7 Å². The van der Waals surface area contributed by atoms with Crippen molar-refractivity contribution in [2.75, 3.05) is 25.5 Å². The second kappa shape index (κ2) is 16.4. The van der Waals surface area contributed by atoms with Gasteiger partial charge in [0.2, 0.25) is 5.60 Å². The van der Waals surface area contributed by atoms with Crippen LogP contribution in [-0.4, -0.2) is 84.8 Å². The lowest BCUT2D eigenvalue weighted by atomic mass is 9.91. The highest BCUT2D eigenvalue weighted by Crippen LogP contribution is 2.40. The zero-order valence-electron chi connectivity index (χ0n) is 31.8. The summed E-state index contributed by atoms with van der Waals surface area (Å²) in [7, 11) is 2.17. The van der Waals surface area contributed by atoms with Crippen LogP contribution in [0.3, 0.4) is 0 Å². The summed E-state index contributed by atoms with van der Waals surface area (Å²) in [5, 5.41) is 60.4. The minimum Gasteiger partial charge on any atom is -0.506 e. The van der Waals surface area contributed by atoms with Gasteiger partial charge in [-0.05, 0) is 136 Å². The summed E-state index contributed by atoms with van der Waals surface area (Å²) in [6.45, 7) is 4.56. The van der Waals surface area contributed by atoms with E-state index in [4.69, 9.17) is 4.74 Å². The van der Waals surface area contributed by atoms with Gasteiger partial charge in [0.1, 0.15) is 23.6 Å². The van der Waals surface area contributed by atoms with E-state index in [-0.39, 0.29) is 11.9 Å². The van der Waals surface area contributed by atoms with Gasteiger partial charge in [-0.1, -0.05) is 23.4 Å². The van der Waals surface area contributed by atoms with E-state index < -0.39 is 23.9 Å². The van der Waals surface area contributed by atoms with Crippen molar-refractivity contribution in [3.05, 3.63) is 96.4 Å². The minimum absolute atomic E-state index is 0.0292. The third kappa shape index (κ3) is 7.63. The largest absolute Gasteiger partial charge is 0.506 e. The van der Waals surface area contributed by atoms with Crippen molar-refractivity contribution in [2.24, 2.45) is 0 Å². The minimum atomic E-state index is -1.78. The number of aryl methyl sites for hydroxylation is 3. The average molecular weight is 799 g/mol. The lowest BCUT2D eigenvalue weighted by Crippen LogP contribution is -2.42. The third-order valence-corrected chi connectivity index (χ3v) is 13.7. The lowest BCUT2D eigenvalue weighted by molar-refractivity contribution is -0.169. The maximum absolute atomic E-state index is 13.6. The van der Waals surface area contributed by atoms with Crippen molar-refractivity contribution in [2.45, 2.75) is 101 Å². The molecule has 12 nitrogen and oxygen atoms in total. The molecule has 4 heterocycles. The standard InChI is InChI=1S/C42H50N6O6S2/c1-25-9-17-37(56-25)42(53,36-8-4-21-55-36)41(52)54-28-12-10-27(11-13-28)47(2)19-5-20-48-40-32-7-3-6-29(32)26(22-33(40)45-46-48)23-43-24-35(50)30-14-16-34(49)39-31(30)15-18-38(51)44-39/h4,8-9,14-18,21-22,27-28,35,38,43-44,49-51,53H,3,5-7,10-13,19-20,23-24H2,1-2H3/t27?,28?,35-,38?,42+/m0/s1. The number of nitrogens with zero attached hydrogens (tertiary/aromatic N) is 4. The van der Waals surface area contributed by atoms with Crippen LogP contribution in [0, 0.1) is 6.92 Å². The number of esters is 1. The topological polar surface area (TPSA) is 165 Å². The number of ether oxygens (including phenoxy) is 1. The van der Waals surface area contributed by atoms with Gasteiger partial charge in [-0.15, -0.1) is 27.8 Å². The first kappa shape index (κ1) is 38.7. The van der Waals surface area contributed by atoms with E-state index in [1.165, 1.54) is 45.4 Å². The number of hydrogen-bond donors (Lipinski definition) is 6. The van der Waals surface area contributed by atoms with Gasteiger partial charge < -0.3 is 40.7 Å². The maximum Gasteiger partial charge on any atom is 0.349 e. The second-order valence-corrected chi connectivity index (χ2v) is 17.6. The molecule has 2 aliphatic carbocycles. The fraction of sp³-hybridized carbons (Fsp3) is 0.452. The van der Waals surface area contributed by atoms with Crippen molar-refractivity contribution in [3.63, 3.8) is 0 Å². The van der Waals surface area contributed by atoms with Crippen LogP contribution in [0.5, 0.6) is 5.75 Å². The molecular formula is C42H50N6O6S2. The first-order valence-corrected chi connectivity index (χ1v) is 21.3. The van der Waals surface area contributed by atoms with Gasteiger partial charge in [0, 0.05) is 36.1 Å². The molecule has 3 atom stereocenters. The summed E-state index contributed by atoms with van der Waals surface area (Å²) < 4.78 is 8.09. The molecule has 2 aromatic carbocycles. The van der Waals surface area contributed by atoms with Crippen LogP contribution < -0.4 is 10.6 Å². The molecule has 1 saturated carbocycles. The van der Waals surface area contributed by atoms with E-state index in [1.807, 2.05) is 30.5 Å². The molecule has 1 fully saturated rings. The maximum atomic E-state index is 13.6. The normalized spacial score (nSPS) is 20.8. The number of carbonyl (C=O) groups is 1. The van der Waals surface area contributed by atoms with E-state index in [9.17, 15) is 25.2 Å². The SMILES string of the molecule is Cc1ccc([C@@](O)(C(=O)OC2CCC(N(C)CCCn3nnc4cc(CNC[C@H](O)c5ccc(O)c6c5C=CC(O)N6)c5c(c43)CCC5)CC2)c2cccs2)s1. The number of aromatic hydroxyl groups is 1. The molecule has 56 heavy (non-hydrogen) atoms. The fourth-order valence-electron chi connectivity index (χ4n) is 8.67. The summed E-state index contributed by atoms with van der Waals surface area (Å²) in [6, 6.07) is 13.2. The number of aromatic nitrogens is 3. The first-order valence-electron chi connectivity index (χ1n) is 19.6. The summed E-state index contributed by atoms with van der Waals surface area (Å²) >= 11 is 2.79. The molecule has 3 aromatic heterocycles. The number of phenolic OH excluding ortho intramolecular Hbond substituents is 1. The molecule has 0 spiro atoms. The predicted molar refractivity (Wildman–Crippen MR) is 219 cm³/mol. The Labute approximate surface area is 334 Å². The zero-order valence-corrected chi connectivity index (χ0v) is 33.4. The molecule has 0 amide bonds. The van der Waals surface area contributed by atoms with Crippen molar-refractivity contribution in [1.29, 1.82) is 0 Å². The number of nitrogens with one attached hydrogen (secondary N) is 2. The van der Waals surface area contributed by atoms with Crippen molar-refractivity contribution in [3.8, 4) is 5.75 Å². The number of anilines is 1. The van der Waals surface area contributed by atoms with Gasteiger partial charge in [-0.2, -0.15) is 0 Å². The first-order chi connectivity index (χ1) is 27.1. The molecule has 8 rings (SSSR count). The average Bonchev–Trinajstić information content (AvgIpc) is 4.03. The van der Waals surface area contributed by atoms with Gasteiger partial charge >= 0.3 is 5.97 Å². The molecule has 5 aromatic rings. The monoisotopic (exact) mass is 798 g/mol. The smallest absolute Gasteiger partial charge is 0.349 e. The molecule has 0 saturated heterocycles. The summed E-state index contributed by atoms with van der Waals surface area (Å²) in [5.74, 6) is -0.559. The van der Waals surface area contributed by atoms with Gasteiger partial charge in [0.05, 0.1) is 27.1 Å². The van der Waals surface area contributed by atoms with E-state index in [0.717, 1.165) is 80.4 Å². The second-order valence-electron chi connectivity index (χ2n) is 15.4. The van der Waals surface area contributed by atoms with Crippen LogP contribution in [-0.2, 0) is 41.1 Å². The molecular weight excluding hydrogens is 749 g/mol. The zero-order chi connectivity index (χ0) is 39.0. The predicted octanol–water partition coefficient (Wildman–Crippen LogP) is 5.75.